The van der Waals surface area contributed by atoms with E-state index < -0.39 is 11.5 Å². The summed E-state index contributed by atoms with van der Waals surface area (Å²) in [5.74, 6) is -0.820. The van der Waals surface area contributed by atoms with Crippen LogP contribution in [0.15, 0.2) is 0 Å². The summed E-state index contributed by atoms with van der Waals surface area (Å²) in [5.41, 5.74) is -0.891. The third-order valence-corrected chi connectivity index (χ3v) is 3.12. The molecule has 2 N–H and O–H groups in total. The van der Waals surface area contributed by atoms with Gasteiger partial charge in [-0.3, -0.25) is 10.1 Å². The fraction of sp³-hybridized carbons (Fsp3) is 0.923. The molecule has 1 saturated carbocycles. The van der Waals surface area contributed by atoms with Crippen LogP contribution in [-0.4, -0.2) is 62.8 Å². The Bertz CT molecular complexity index is 270. The fourth-order valence-electron chi connectivity index (χ4n) is 1.66. The molecule has 1 aliphatic carbocycles. The quantitative estimate of drug-likeness (QED) is 0.509. The Labute approximate surface area is 114 Å². The van der Waals surface area contributed by atoms with Crippen molar-refractivity contribution in [1.29, 1.82) is 0 Å². The van der Waals surface area contributed by atoms with Crippen molar-refractivity contribution in [2.45, 2.75) is 37.8 Å². The molecule has 0 spiro atoms. The molecule has 0 amide bonds. The van der Waals surface area contributed by atoms with Gasteiger partial charge in [-0.05, 0) is 26.2 Å². The van der Waals surface area contributed by atoms with Crippen LogP contribution in [0.1, 0.15) is 26.2 Å². The van der Waals surface area contributed by atoms with Crippen LogP contribution in [0.5, 0.6) is 0 Å². The van der Waals surface area contributed by atoms with E-state index in [-0.39, 0.29) is 0 Å². The Kier molecular flexibility index (Phi) is 7.30. The normalized spacial score (nSPS) is 18.2. The monoisotopic (exact) mass is 275 g/mol. The Morgan fingerprint density at radius 1 is 1.21 bits per heavy atom. The summed E-state index contributed by atoms with van der Waals surface area (Å²) in [6, 6.07) is 0.360. The standard InChI is InChI=1S/C13H25NO5/c1-13(12(15)16,14-11-3-4-11)5-6-18-9-10-19-8-7-17-2/h11,14H,3-10H2,1-2H3,(H,15,16). The van der Waals surface area contributed by atoms with Gasteiger partial charge in [0.15, 0.2) is 0 Å². The highest BCUT2D eigenvalue weighted by atomic mass is 16.5. The number of hydrogen-bond donors (Lipinski definition) is 2. The molecule has 0 aromatic heterocycles. The lowest BCUT2D eigenvalue weighted by atomic mass is 9.98. The molecule has 0 heterocycles. The van der Waals surface area contributed by atoms with Crippen molar-refractivity contribution in [1.82, 2.24) is 5.32 Å². The number of carboxylic acids is 1. The largest absolute Gasteiger partial charge is 0.480 e. The smallest absolute Gasteiger partial charge is 0.323 e. The molecule has 1 unspecified atom stereocenters. The van der Waals surface area contributed by atoms with Gasteiger partial charge in [0.2, 0.25) is 0 Å². The molecule has 0 aromatic rings. The van der Waals surface area contributed by atoms with Crippen molar-refractivity contribution in [3.8, 4) is 0 Å². The molecule has 0 bridgehead atoms. The Morgan fingerprint density at radius 3 is 2.32 bits per heavy atom. The molecule has 112 valence electrons. The fourth-order valence-corrected chi connectivity index (χ4v) is 1.66. The van der Waals surface area contributed by atoms with Gasteiger partial charge in [-0.2, -0.15) is 0 Å². The van der Waals surface area contributed by atoms with Gasteiger partial charge in [0.25, 0.3) is 0 Å². The number of hydrogen-bond acceptors (Lipinski definition) is 5. The highest BCUT2D eigenvalue weighted by Crippen LogP contribution is 2.24. The van der Waals surface area contributed by atoms with Crippen molar-refractivity contribution in [2.24, 2.45) is 0 Å². The van der Waals surface area contributed by atoms with Crippen molar-refractivity contribution in [3.05, 3.63) is 0 Å². The maximum Gasteiger partial charge on any atom is 0.323 e. The molecule has 19 heavy (non-hydrogen) atoms. The number of carboxylic acid groups (broad SMARTS) is 1. The van der Waals surface area contributed by atoms with E-state index in [4.69, 9.17) is 14.2 Å². The van der Waals surface area contributed by atoms with Crippen molar-refractivity contribution >= 4 is 5.97 Å². The number of rotatable bonds is 12. The zero-order valence-corrected chi connectivity index (χ0v) is 11.8. The molecule has 1 aliphatic rings. The summed E-state index contributed by atoms with van der Waals surface area (Å²) in [6.07, 6.45) is 2.59. The minimum atomic E-state index is -0.891. The number of ether oxygens (including phenoxy) is 3. The van der Waals surface area contributed by atoms with E-state index in [1.165, 1.54) is 0 Å². The molecule has 6 nitrogen and oxygen atoms in total. The van der Waals surface area contributed by atoms with Gasteiger partial charge < -0.3 is 19.3 Å². The van der Waals surface area contributed by atoms with Crippen LogP contribution in [0.3, 0.4) is 0 Å². The van der Waals surface area contributed by atoms with Crippen LogP contribution in [0.2, 0.25) is 0 Å². The van der Waals surface area contributed by atoms with Crippen molar-refractivity contribution in [2.75, 3.05) is 40.1 Å². The molecular weight excluding hydrogens is 250 g/mol. The van der Waals surface area contributed by atoms with E-state index in [2.05, 4.69) is 5.32 Å². The zero-order valence-electron chi connectivity index (χ0n) is 11.8. The molecule has 0 radical (unpaired) electrons. The second-order valence-corrected chi connectivity index (χ2v) is 5.02. The van der Waals surface area contributed by atoms with E-state index in [0.29, 0.717) is 45.5 Å². The number of methoxy groups -OCH3 is 1. The molecular formula is C13H25NO5. The molecule has 0 aromatic carbocycles. The summed E-state index contributed by atoms with van der Waals surface area (Å²) < 4.78 is 15.5. The van der Waals surface area contributed by atoms with Crippen LogP contribution < -0.4 is 5.32 Å². The predicted octanol–water partition coefficient (Wildman–Crippen LogP) is 0.651. The molecule has 1 atom stereocenters. The van der Waals surface area contributed by atoms with Gasteiger partial charge in [-0.1, -0.05) is 0 Å². The van der Waals surface area contributed by atoms with Gasteiger partial charge in [0.05, 0.1) is 26.4 Å². The van der Waals surface area contributed by atoms with Crippen LogP contribution >= 0.6 is 0 Å². The average Bonchev–Trinajstić information content (AvgIpc) is 3.16. The van der Waals surface area contributed by atoms with Crippen molar-refractivity contribution in [3.63, 3.8) is 0 Å². The molecule has 0 saturated heterocycles. The summed E-state index contributed by atoms with van der Waals surface area (Å²) in [5, 5.41) is 12.4. The second kappa shape index (κ2) is 8.47. The summed E-state index contributed by atoms with van der Waals surface area (Å²) in [7, 11) is 1.62. The number of aliphatic carboxylic acids is 1. The lowest BCUT2D eigenvalue weighted by molar-refractivity contribution is -0.145. The van der Waals surface area contributed by atoms with Crippen LogP contribution in [0.4, 0.5) is 0 Å². The van der Waals surface area contributed by atoms with Crippen LogP contribution in [-0.2, 0) is 19.0 Å². The first kappa shape index (κ1) is 16.4. The zero-order chi connectivity index (χ0) is 14.1. The highest BCUT2D eigenvalue weighted by Gasteiger charge is 2.38. The van der Waals surface area contributed by atoms with Crippen LogP contribution in [0.25, 0.3) is 0 Å². The van der Waals surface area contributed by atoms with Gasteiger partial charge in [-0.25, -0.2) is 0 Å². The minimum Gasteiger partial charge on any atom is -0.480 e. The number of carbonyl (C=O) groups is 1. The van der Waals surface area contributed by atoms with Gasteiger partial charge in [0.1, 0.15) is 5.54 Å². The minimum absolute atomic E-state index is 0.360. The Balaban J connectivity index is 2.06. The van der Waals surface area contributed by atoms with Crippen molar-refractivity contribution < 1.29 is 24.1 Å². The van der Waals surface area contributed by atoms with Gasteiger partial charge >= 0.3 is 5.97 Å². The Hall–Kier alpha value is -0.690. The average molecular weight is 275 g/mol. The third kappa shape index (κ3) is 6.87. The lowest BCUT2D eigenvalue weighted by Crippen LogP contribution is -2.51. The first-order valence-corrected chi connectivity index (χ1v) is 6.74. The predicted molar refractivity (Wildman–Crippen MR) is 70.3 cm³/mol. The van der Waals surface area contributed by atoms with Gasteiger partial charge in [0, 0.05) is 19.8 Å². The maximum absolute atomic E-state index is 11.3. The SMILES string of the molecule is COCCOCCOCCC(C)(NC1CC1)C(=O)O. The Morgan fingerprint density at radius 2 is 1.79 bits per heavy atom. The lowest BCUT2D eigenvalue weighted by Gasteiger charge is -2.26. The molecule has 6 heteroatoms. The first-order chi connectivity index (χ1) is 9.08. The number of nitrogens with one attached hydrogen (secondary N) is 1. The molecule has 1 rings (SSSR count). The summed E-state index contributed by atoms with van der Waals surface area (Å²) in [6.45, 7) is 4.23. The van der Waals surface area contributed by atoms with E-state index >= 15 is 0 Å². The first-order valence-electron chi connectivity index (χ1n) is 6.74. The highest BCUT2D eigenvalue weighted by molar-refractivity contribution is 5.78. The van der Waals surface area contributed by atoms with Crippen LogP contribution in [0, 0.1) is 0 Å². The van der Waals surface area contributed by atoms with Gasteiger partial charge in [-0.15, -0.1) is 0 Å². The second-order valence-electron chi connectivity index (χ2n) is 5.02. The van der Waals surface area contributed by atoms with E-state index in [0.717, 1.165) is 12.8 Å². The summed E-state index contributed by atoms with van der Waals surface area (Å²) in [4.78, 5) is 11.3. The third-order valence-electron chi connectivity index (χ3n) is 3.12. The molecule has 0 aliphatic heterocycles. The summed E-state index contributed by atoms with van der Waals surface area (Å²) >= 11 is 0. The van der Waals surface area contributed by atoms with E-state index in [1.807, 2.05) is 0 Å². The topological polar surface area (TPSA) is 77.0 Å². The van der Waals surface area contributed by atoms with E-state index in [1.54, 1.807) is 14.0 Å². The molecule has 1 fully saturated rings. The van der Waals surface area contributed by atoms with E-state index in [9.17, 15) is 9.90 Å². The maximum atomic E-state index is 11.3.